The van der Waals surface area contributed by atoms with Gasteiger partial charge in [-0.05, 0) is 17.2 Å². The highest BCUT2D eigenvalue weighted by Gasteiger charge is 2.35. The number of nitrogens with one attached hydrogen (secondary N) is 2. The van der Waals surface area contributed by atoms with Gasteiger partial charge in [0.1, 0.15) is 0 Å². The number of para-hydroxylation sites is 2. The molecule has 3 heteroatoms. The highest BCUT2D eigenvalue weighted by molar-refractivity contribution is 6.83. The molecule has 0 spiro atoms. The Morgan fingerprint density at radius 3 is 2.22 bits per heavy atom. The molecule has 100 valence electrons. The van der Waals surface area contributed by atoms with Crippen molar-refractivity contribution in [3.05, 3.63) is 36.9 Å². The fourth-order valence-electron chi connectivity index (χ4n) is 1.45. The van der Waals surface area contributed by atoms with Crippen LogP contribution in [-0.4, -0.2) is 14.8 Å². The van der Waals surface area contributed by atoms with E-state index in [-0.39, 0.29) is 0 Å². The van der Waals surface area contributed by atoms with E-state index in [0.717, 1.165) is 12.2 Å². The molecule has 0 bridgehead atoms. The van der Waals surface area contributed by atoms with E-state index < -0.39 is 8.24 Å². The summed E-state index contributed by atoms with van der Waals surface area (Å²) in [6, 6.07) is 8.39. The largest absolute Gasteiger partial charge is 0.408 e. The lowest BCUT2D eigenvalue weighted by Crippen LogP contribution is -2.45. The zero-order chi connectivity index (χ0) is 13.8. The van der Waals surface area contributed by atoms with Gasteiger partial charge in [0.05, 0.1) is 5.69 Å². The molecule has 0 aromatic heterocycles. The third kappa shape index (κ3) is 3.64. The van der Waals surface area contributed by atoms with Gasteiger partial charge in [0.15, 0.2) is 8.24 Å². The monoisotopic (exact) mass is 262 g/mol. The summed E-state index contributed by atoms with van der Waals surface area (Å²) < 4.78 is 0. The zero-order valence-corrected chi connectivity index (χ0v) is 13.3. The van der Waals surface area contributed by atoms with E-state index in [1.807, 2.05) is 6.08 Å². The first kappa shape index (κ1) is 14.8. The lowest BCUT2D eigenvalue weighted by molar-refractivity contribution is 0.723. The number of hydrogen-bond acceptors (Lipinski definition) is 2. The van der Waals surface area contributed by atoms with E-state index in [4.69, 9.17) is 0 Å². The fourth-order valence-corrected chi connectivity index (χ4v) is 2.72. The second-order valence-corrected chi connectivity index (χ2v) is 11.2. The number of anilines is 2. The maximum Gasteiger partial charge on any atom is 0.152 e. The number of benzene rings is 1. The standard InChI is InChI=1S/C15H26N2Si/c1-7-12-16-13-10-8-9-11-14(13)17-18(5,6)15(2,3)4/h7-11,16-17H,1,12H2,2-6H3. The van der Waals surface area contributed by atoms with Crippen LogP contribution in [-0.2, 0) is 0 Å². The summed E-state index contributed by atoms with van der Waals surface area (Å²) in [4.78, 5) is 3.78. The fraction of sp³-hybridized carbons (Fsp3) is 0.467. The molecular weight excluding hydrogens is 236 g/mol. The number of rotatable bonds is 5. The Labute approximate surface area is 113 Å². The van der Waals surface area contributed by atoms with Crippen molar-refractivity contribution < 1.29 is 0 Å². The van der Waals surface area contributed by atoms with Crippen molar-refractivity contribution in [2.24, 2.45) is 0 Å². The molecule has 1 aromatic rings. The van der Waals surface area contributed by atoms with E-state index in [1.54, 1.807) is 0 Å². The molecule has 1 aromatic carbocycles. The summed E-state index contributed by atoms with van der Waals surface area (Å²) in [7, 11) is -1.53. The van der Waals surface area contributed by atoms with Crippen molar-refractivity contribution >= 4 is 19.6 Å². The van der Waals surface area contributed by atoms with Crippen molar-refractivity contribution in [2.45, 2.75) is 38.9 Å². The second-order valence-electron chi connectivity index (χ2n) is 6.22. The van der Waals surface area contributed by atoms with Crippen LogP contribution in [0, 0.1) is 0 Å². The highest BCUT2D eigenvalue weighted by atomic mass is 28.3. The molecule has 0 unspecified atom stereocenters. The molecule has 2 nitrogen and oxygen atoms in total. The van der Waals surface area contributed by atoms with Gasteiger partial charge >= 0.3 is 0 Å². The van der Waals surface area contributed by atoms with Crippen molar-refractivity contribution in [3.63, 3.8) is 0 Å². The van der Waals surface area contributed by atoms with Crippen LogP contribution >= 0.6 is 0 Å². The van der Waals surface area contributed by atoms with Gasteiger partial charge in [-0.25, -0.2) is 0 Å². The first-order valence-corrected chi connectivity index (χ1v) is 9.50. The molecule has 0 aliphatic heterocycles. The predicted octanol–water partition coefficient (Wildman–Crippen LogP) is 4.70. The predicted molar refractivity (Wildman–Crippen MR) is 85.9 cm³/mol. The Bertz CT molecular complexity index is 405. The Kier molecular flexibility index (Phi) is 4.63. The molecule has 0 aliphatic carbocycles. The van der Waals surface area contributed by atoms with Crippen LogP contribution in [0.4, 0.5) is 11.4 Å². The van der Waals surface area contributed by atoms with Gasteiger partial charge in [0, 0.05) is 12.2 Å². The molecule has 0 fully saturated rings. The van der Waals surface area contributed by atoms with Crippen LogP contribution in [0.1, 0.15) is 20.8 Å². The summed E-state index contributed by atoms with van der Waals surface area (Å²) in [5, 5.41) is 3.70. The summed E-state index contributed by atoms with van der Waals surface area (Å²) in [6.45, 7) is 16.2. The molecule has 18 heavy (non-hydrogen) atoms. The smallest absolute Gasteiger partial charge is 0.152 e. The normalized spacial score (nSPS) is 12.1. The first-order valence-electron chi connectivity index (χ1n) is 6.50. The lowest BCUT2D eigenvalue weighted by atomic mass is 10.2. The maximum atomic E-state index is 3.78. The molecule has 0 saturated carbocycles. The molecule has 0 saturated heterocycles. The van der Waals surface area contributed by atoms with E-state index >= 15 is 0 Å². The molecule has 0 heterocycles. The summed E-state index contributed by atoms with van der Waals surface area (Å²) in [5.41, 5.74) is 2.35. The Hall–Kier alpha value is -1.22. The Morgan fingerprint density at radius 1 is 1.17 bits per heavy atom. The zero-order valence-electron chi connectivity index (χ0n) is 12.3. The lowest BCUT2D eigenvalue weighted by Gasteiger charge is -2.38. The van der Waals surface area contributed by atoms with Crippen LogP contribution in [0.3, 0.4) is 0 Å². The van der Waals surface area contributed by atoms with E-state index in [2.05, 4.69) is 75.0 Å². The summed E-state index contributed by atoms with van der Waals surface area (Å²) in [6.07, 6.45) is 1.88. The van der Waals surface area contributed by atoms with Gasteiger partial charge in [-0.2, -0.15) is 0 Å². The molecule has 0 aliphatic rings. The van der Waals surface area contributed by atoms with E-state index in [9.17, 15) is 0 Å². The van der Waals surface area contributed by atoms with Gasteiger partial charge in [0.2, 0.25) is 0 Å². The van der Waals surface area contributed by atoms with E-state index in [0.29, 0.717) is 5.04 Å². The summed E-state index contributed by atoms with van der Waals surface area (Å²) in [5.74, 6) is 0. The van der Waals surface area contributed by atoms with Crippen LogP contribution in [0.2, 0.25) is 18.1 Å². The molecule has 0 radical (unpaired) electrons. The van der Waals surface area contributed by atoms with Crippen LogP contribution < -0.4 is 10.3 Å². The Morgan fingerprint density at radius 2 is 1.72 bits per heavy atom. The van der Waals surface area contributed by atoms with Crippen molar-refractivity contribution in [1.29, 1.82) is 0 Å². The van der Waals surface area contributed by atoms with Crippen molar-refractivity contribution in [2.75, 3.05) is 16.8 Å². The summed E-state index contributed by atoms with van der Waals surface area (Å²) >= 11 is 0. The molecule has 0 amide bonds. The minimum atomic E-state index is -1.53. The molecular formula is C15H26N2Si. The van der Waals surface area contributed by atoms with Crippen LogP contribution in [0.25, 0.3) is 0 Å². The molecule has 1 rings (SSSR count). The van der Waals surface area contributed by atoms with Crippen LogP contribution in [0.15, 0.2) is 36.9 Å². The van der Waals surface area contributed by atoms with Gasteiger partial charge < -0.3 is 10.3 Å². The molecule has 2 N–H and O–H groups in total. The highest BCUT2D eigenvalue weighted by Crippen LogP contribution is 2.37. The Balaban J connectivity index is 2.93. The third-order valence-electron chi connectivity index (χ3n) is 3.69. The topological polar surface area (TPSA) is 24.1 Å². The van der Waals surface area contributed by atoms with Crippen LogP contribution in [0.5, 0.6) is 0 Å². The van der Waals surface area contributed by atoms with E-state index in [1.165, 1.54) is 5.69 Å². The van der Waals surface area contributed by atoms with Gasteiger partial charge in [-0.1, -0.05) is 52.1 Å². The average molecular weight is 262 g/mol. The van der Waals surface area contributed by atoms with Gasteiger partial charge in [-0.3, -0.25) is 0 Å². The van der Waals surface area contributed by atoms with Crippen molar-refractivity contribution in [1.82, 2.24) is 0 Å². The second kappa shape index (κ2) is 5.61. The van der Waals surface area contributed by atoms with Crippen molar-refractivity contribution in [3.8, 4) is 0 Å². The first-order chi connectivity index (χ1) is 8.28. The third-order valence-corrected chi connectivity index (χ3v) is 8.33. The van der Waals surface area contributed by atoms with Gasteiger partial charge in [-0.15, -0.1) is 6.58 Å². The minimum Gasteiger partial charge on any atom is -0.408 e. The minimum absolute atomic E-state index is 0.318. The quantitative estimate of drug-likeness (QED) is 0.593. The van der Waals surface area contributed by atoms with Gasteiger partial charge in [0.25, 0.3) is 0 Å². The SMILES string of the molecule is C=CCNc1ccccc1N[Si](C)(C)C(C)(C)C. The average Bonchev–Trinajstić information content (AvgIpc) is 2.26. The maximum absolute atomic E-state index is 3.78. The number of hydrogen-bond donors (Lipinski definition) is 2. The molecule has 0 atom stereocenters.